The second-order valence-electron chi connectivity index (χ2n) is 4.56. The molecule has 0 aliphatic rings. The number of aryl methyl sites for hydroxylation is 2. The first kappa shape index (κ1) is 16.3. The summed E-state index contributed by atoms with van der Waals surface area (Å²) < 4.78 is 65.6. The third kappa shape index (κ3) is 2.93. The minimum atomic E-state index is -4.63. The number of anilines is 1. The normalized spacial score (nSPS) is 12.6. The zero-order valence-corrected chi connectivity index (χ0v) is 12.8. The van der Waals surface area contributed by atoms with Gasteiger partial charge >= 0.3 is 6.18 Å². The van der Waals surface area contributed by atoms with E-state index in [0.717, 1.165) is 0 Å². The molecule has 0 amide bonds. The summed E-state index contributed by atoms with van der Waals surface area (Å²) in [5.74, 6) is -0.504. The van der Waals surface area contributed by atoms with Crippen LogP contribution in [0, 0.1) is 13.8 Å². The lowest BCUT2D eigenvalue weighted by Crippen LogP contribution is -2.16. The van der Waals surface area contributed by atoms with Gasteiger partial charge in [-0.15, -0.1) is 0 Å². The summed E-state index contributed by atoms with van der Waals surface area (Å²) in [7, 11) is -4.09. The number of sulfonamides is 1. The van der Waals surface area contributed by atoms with E-state index < -0.39 is 27.8 Å². The average molecular weight is 337 g/mol. The fourth-order valence-electron chi connectivity index (χ4n) is 2.07. The molecule has 0 radical (unpaired) electrons. The van der Waals surface area contributed by atoms with Gasteiger partial charge < -0.3 is 4.98 Å². The number of aromatic nitrogens is 4. The SMILES string of the molecule is CCn1nc(C)c(S(=O)(=O)Nc2ncc(C(F)(F)F)[nH]2)c1C. The van der Waals surface area contributed by atoms with E-state index in [1.54, 1.807) is 13.8 Å². The molecule has 0 saturated heterocycles. The van der Waals surface area contributed by atoms with E-state index >= 15 is 0 Å². The number of nitrogens with zero attached hydrogens (tertiary/aromatic N) is 3. The van der Waals surface area contributed by atoms with Crippen LogP contribution in [0.15, 0.2) is 11.1 Å². The van der Waals surface area contributed by atoms with Crippen LogP contribution in [0.4, 0.5) is 19.1 Å². The Balaban J connectivity index is 2.37. The number of imidazole rings is 1. The lowest BCUT2D eigenvalue weighted by molar-refractivity contribution is -0.140. The van der Waals surface area contributed by atoms with Crippen molar-refractivity contribution >= 4 is 16.0 Å². The quantitative estimate of drug-likeness (QED) is 0.893. The third-order valence-corrected chi connectivity index (χ3v) is 4.59. The van der Waals surface area contributed by atoms with E-state index in [1.165, 1.54) is 11.6 Å². The predicted molar refractivity (Wildman–Crippen MR) is 71.8 cm³/mol. The Morgan fingerprint density at radius 1 is 1.36 bits per heavy atom. The molecule has 22 heavy (non-hydrogen) atoms. The van der Waals surface area contributed by atoms with Gasteiger partial charge in [0.2, 0.25) is 5.95 Å². The molecule has 7 nitrogen and oxygen atoms in total. The summed E-state index contributed by atoms with van der Waals surface area (Å²) in [4.78, 5) is 5.20. The van der Waals surface area contributed by atoms with Crippen LogP contribution in [0.1, 0.15) is 24.0 Å². The van der Waals surface area contributed by atoms with Gasteiger partial charge in [-0.1, -0.05) is 0 Å². The highest BCUT2D eigenvalue weighted by Crippen LogP contribution is 2.29. The molecule has 2 heterocycles. The van der Waals surface area contributed by atoms with E-state index in [2.05, 4.69) is 10.1 Å². The Bertz CT molecular complexity index is 791. The van der Waals surface area contributed by atoms with Crippen molar-refractivity contribution in [3.63, 3.8) is 0 Å². The monoisotopic (exact) mass is 337 g/mol. The molecule has 0 bridgehead atoms. The number of hydrogen-bond acceptors (Lipinski definition) is 4. The Morgan fingerprint density at radius 2 is 2.00 bits per heavy atom. The van der Waals surface area contributed by atoms with E-state index in [1.807, 2.05) is 9.71 Å². The molecule has 11 heteroatoms. The minimum Gasteiger partial charge on any atom is -0.320 e. The van der Waals surface area contributed by atoms with Crippen molar-refractivity contribution in [2.75, 3.05) is 4.72 Å². The Labute approximate surface area is 124 Å². The van der Waals surface area contributed by atoms with Crippen molar-refractivity contribution in [2.45, 2.75) is 38.4 Å². The molecule has 0 aliphatic carbocycles. The molecule has 0 aliphatic heterocycles. The summed E-state index contributed by atoms with van der Waals surface area (Å²) in [5, 5.41) is 4.07. The van der Waals surface area contributed by atoms with Gasteiger partial charge in [0.25, 0.3) is 10.0 Å². The minimum absolute atomic E-state index is 0.0701. The van der Waals surface area contributed by atoms with Crippen LogP contribution in [-0.2, 0) is 22.7 Å². The van der Waals surface area contributed by atoms with Gasteiger partial charge in [0.05, 0.1) is 17.6 Å². The lowest BCUT2D eigenvalue weighted by atomic mass is 10.4. The molecule has 0 aromatic carbocycles. The number of alkyl halides is 3. The van der Waals surface area contributed by atoms with E-state index in [-0.39, 0.29) is 10.6 Å². The fraction of sp³-hybridized carbons (Fsp3) is 0.455. The summed E-state index contributed by atoms with van der Waals surface area (Å²) in [6, 6.07) is 0. The van der Waals surface area contributed by atoms with Crippen LogP contribution in [-0.4, -0.2) is 28.2 Å². The van der Waals surface area contributed by atoms with Crippen molar-refractivity contribution in [1.82, 2.24) is 19.7 Å². The van der Waals surface area contributed by atoms with Crippen LogP contribution >= 0.6 is 0 Å². The largest absolute Gasteiger partial charge is 0.432 e. The van der Waals surface area contributed by atoms with Crippen molar-refractivity contribution in [2.24, 2.45) is 0 Å². The van der Waals surface area contributed by atoms with Gasteiger partial charge in [-0.3, -0.25) is 4.68 Å². The maximum absolute atomic E-state index is 12.5. The van der Waals surface area contributed by atoms with Gasteiger partial charge in [-0.05, 0) is 20.8 Å². The highest BCUT2D eigenvalue weighted by Gasteiger charge is 2.34. The number of nitrogens with one attached hydrogen (secondary N) is 2. The maximum atomic E-state index is 12.5. The highest BCUT2D eigenvalue weighted by molar-refractivity contribution is 7.92. The van der Waals surface area contributed by atoms with Crippen LogP contribution in [0.25, 0.3) is 0 Å². The second-order valence-corrected chi connectivity index (χ2v) is 6.18. The van der Waals surface area contributed by atoms with Crippen molar-refractivity contribution in [3.05, 3.63) is 23.3 Å². The summed E-state index contributed by atoms with van der Waals surface area (Å²) >= 11 is 0. The molecule has 122 valence electrons. The van der Waals surface area contributed by atoms with Crippen molar-refractivity contribution < 1.29 is 21.6 Å². The van der Waals surface area contributed by atoms with Gasteiger partial charge in [0.1, 0.15) is 10.6 Å². The third-order valence-electron chi connectivity index (χ3n) is 3.00. The molecule has 0 unspecified atom stereocenters. The Kier molecular flexibility index (Phi) is 3.94. The molecule has 0 saturated carbocycles. The summed E-state index contributed by atoms with van der Waals surface area (Å²) in [6.07, 6.45) is -4.11. The molecule has 0 atom stereocenters. The number of hydrogen-bond donors (Lipinski definition) is 2. The Hall–Kier alpha value is -2.04. The standard InChI is InChI=1S/C11H14F3N5O2S/c1-4-19-7(3)9(6(2)17-19)22(20,21)18-10-15-5-8(16-10)11(12,13)14/h5H,4H2,1-3H3,(H2,15,16,18). The number of halogens is 3. The zero-order valence-electron chi connectivity index (χ0n) is 12.0. The summed E-state index contributed by atoms with van der Waals surface area (Å²) in [6.45, 7) is 5.35. The average Bonchev–Trinajstić information content (AvgIpc) is 2.93. The number of rotatable bonds is 4. The molecule has 2 aromatic rings. The van der Waals surface area contributed by atoms with Gasteiger partial charge in [0, 0.05) is 6.54 Å². The van der Waals surface area contributed by atoms with Crippen molar-refractivity contribution in [1.29, 1.82) is 0 Å². The maximum Gasteiger partial charge on any atom is 0.432 e. The predicted octanol–water partition coefficient (Wildman–Crippen LogP) is 2.06. The van der Waals surface area contributed by atoms with Gasteiger partial charge in [0.15, 0.2) is 0 Å². The first-order valence-electron chi connectivity index (χ1n) is 6.25. The van der Waals surface area contributed by atoms with Crippen LogP contribution in [0.5, 0.6) is 0 Å². The van der Waals surface area contributed by atoms with E-state index in [9.17, 15) is 21.6 Å². The molecule has 2 N–H and O–H groups in total. The topological polar surface area (TPSA) is 92.7 Å². The van der Waals surface area contributed by atoms with E-state index in [0.29, 0.717) is 18.4 Å². The molecule has 2 rings (SSSR count). The van der Waals surface area contributed by atoms with Crippen LogP contribution in [0.2, 0.25) is 0 Å². The molecule has 2 aromatic heterocycles. The second kappa shape index (κ2) is 5.30. The summed E-state index contributed by atoms with van der Waals surface area (Å²) in [5.41, 5.74) is -0.479. The number of aromatic amines is 1. The van der Waals surface area contributed by atoms with E-state index in [4.69, 9.17) is 0 Å². The molecule has 0 fully saturated rings. The highest BCUT2D eigenvalue weighted by atomic mass is 32.2. The first-order chi connectivity index (χ1) is 10.1. The molecular formula is C11H14F3N5O2S. The van der Waals surface area contributed by atoms with Crippen molar-refractivity contribution in [3.8, 4) is 0 Å². The molecular weight excluding hydrogens is 323 g/mol. The lowest BCUT2D eigenvalue weighted by Gasteiger charge is -2.06. The van der Waals surface area contributed by atoms with Gasteiger partial charge in [-0.25, -0.2) is 18.1 Å². The Morgan fingerprint density at radius 3 is 2.45 bits per heavy atom. The smallest absolute Gasteiger partial charge is 0.320 e. The van der Waals surface area contributed by atoms with Crippen LogP contribution in [0.3, 0.4) is 0 Å². The number of H-pyrrole nitrogens is 1. The first-order valence-corrected chi connectivity index (χ1v) is 7.73. The van der Waals surface area contributed by atoms with Crippen LogP contribution < -0.4 is 4.72 Å². The molecule has 0 spiro atoms. The zero-order chi connectivity index (χ0) is 16.7. The fourth-order valence-corrected chi connectivity index (χ4v) is 3.46. The van der Waals surface area contributed by atoms with Gasteiger partial charge in [-0.2, -0.15) is 18.3 Å².